The second kappa shape index (κ2) is 8.40. The third-order valence-corrected chi connectivity index (χ3v) is 7.03. The van der Waals surface area contributed by atoms with Gasteiger partial charge in [-0.15, -0.1) is 0 Å². The lowest BCUT2D eigenvalue weighted by atomic mass is 10.1. The Balaban J connectivity index is 1.62. The molecule has 2 aromatic rings. The molecule has 3 rings (SSSR count). The number of carbonyl (C=O) groups excluding carboxylic acids is 1. The largest absolute Gasteiger partial charge is 0.360 e. The van der Waals surface area contributed by atoms with Gasteiger partial charge in [0, 0.05) is 32.6 Å². The first-order chi connectivity index (χ1) is 13.3. The highest BCUT2D eigenvalue weighted by Gasteiger charge is 2.32. The van der Waals surface area contributed by atoms with E-state index in [1.165, 1.54) is 16.4 Å². The number of benzene rings is 1. The standard InChI is InChI=1S/C19H24FN3O4S/c1-14-19(15(2)27-21-14)28(25,26)23-10-4-9-22(11-12-23)18(24)8-7-16-5-3-6-17(20)13-16/h3,5-6,13H,4,7-12H2,1-2H3. The summed E-state index contributed by atoms with van der Waals surface area (Å²) in [6.07, 6.45) is 1.27. The molecule has 0 N–H and O–H groups in total. The van der Waals surface area contributed by atoms with E-state index in [1.807, 2.05) is 0 Å². The molecule has 28 heavy (non-hydrogen) atoms. The van der Waals surface area contributed by atoms with Crippen LogP contribution in [0.25, 0.3) is 0 Å². The van der Waals surface area contributed by atoms with E-state index >= 15 is 0 Å². The van der Waals surface area contributed by atoms with Crippen LogP contribution in [0.3, 0.4) is 0 Å². The lowest BCUT2D eigenvalue weighted by Crippen LogP contribution is -2.37. The fourth-order valence-electron chi connectivity index (χ4n) is 3.46. The summed E-state index contributed by atoms with van der Waals surface area (Å²) in [6, 6.07) is 6.21. The normalized spacial score (nSPS) is 16.2. The number of nitrogens with zero attached hydrogens (tertiary/aromatic N) is 3. The minimum Gasteiger partial charge on any atom is -0.360 e. The van der Waals surface area contributed by atoms with E-state index in [9.17, 15) is 17.6 Å². The number of carbonyl (C=O) groups is 1. The molecule has 0 unspecified atom stereocenters. The van der Waals surface area contributed by atoms with Gasteiger partial charge in [0.05, 0.1) is 0 Å². The van der Waals surface area contributed by atoms with Crippen LogP contribution in [0.5, 0.6) is 0 Å². The van der Waals surface area contributed by atoms with Crippen LogP contribution in [0.1, 0.15) is 29.9 Å². The third kappa shape index (κ3) is 4.41. The molecule has 0 saturated carbocycles. The van der Waals surface area contributed by atoms with Crippen molar-refractivity contribution in [2.24, 2.45) is 0 Å². The van der Waals surface area contributed by atoms with E-state index < -0.39 is 10.0 Å². The number of hydrogen-bond donors (Lipinski definition) is 0. The molecule has 0 bridgehead atoms. The summed E-state index contributed by atoms with van der Waals surface area (Å²) >= 11 is 0. The molecule has 9 heteroatoms. The van der Waals surface area contributed by atoms with Gasteiger partial charge in [0.15, 0.2) is 5.76 Å². The van der Waals surface area contributed by atoms with Crippen molar-refractivity contribution in [2.75, 3.05) is 26.2 Å². The molecule has 1 aliphatic heterocycles. The van der Waals surface area contributed by atoms with Gasteiger partial charge in [-0.3, -0.25) is 4.79 Å². The van der Waals surface area contributed by atoms with E-state index in [0.717, 1.165) is 5.56 Å². The van der Waals surface area contributed by atoms with Gasteiger partial charge in [0.25, 0.3) is 0 Å². The van der Waals surface area contributed by atoms with Crippen molar-refractivity contribution in [1.82, 2.24) is 14.4 Å². The Morgan fingerprint density at radius 2 is 2.00 bits per heavy atom. The third-order valence-electron chi connectivity index (χ3n) is 4.89. The summed E-state index contributed by atoms with van der Waals surface area (Å²) in [4.78, 5) is 14.3. The summed E-state index contributed by atoms with van der Waals surface area (Å²) < 4.78 is 45.5. The molecule has 2 heterocycles. The van der Waals surface area contributed by atoms with Gasteiger partial charge in [-0.25, -0.2) is 12.8 Å². The minimum absolute atomic E-state index is 0.0548. The van der Waals surface area contributed by atoms with E-state index in [4.69, 9.17) is 4.52 Å². The first-order valence-electron chi connectivity index (χ1n) is 9.24. The summed E-state index contributed by atoms with van der Waals surface area (Å²) in [5.74, 6) is -0.106. The van der Waals surface area contributed by atoms with Gasteiger partial charge in [0.2, 0.25) is 15.9 Å². The average molecular weight is 409 g/mol. The van der Waals surface area contributed by atoms with E-state index in [1.54, 1.807) is 30.9 Å². The summed E-state index contributed by atoms with van der Waals surface area (Å²) in [7, 11) is -3.72. The van der Waals surface area contributed by atoms with Crippen LogP contribution in [0.4, 0.5) is 4.39 Å². The van der Waals surface area contributed by atoms with Crippen molar-refractivity contribution < 1.29 is 22.1 Å². The second-order valence-corrected chi connectivity index (χ2v) is 8.80. The molecule has 1 aromatic heterocycles. The van der Waals surface area contributed by atoms with Gasteiger partial charge < -0.3 is 9.42 Å². The fraction of sp³-hybridized carbons (Fsp3) is 0.474. The van der Waals surface area contributed by atoms with Crippen molar-refractivity contribution in [2.45, 2.75) is 38.0 Å². The number of aromatic nitrogens is 1. The Bertz CT molecular complexity index is 938. The predicted octanol–water partition coefficient (Wildman–Crippen LogP) is 2.29. The SMILES string of the molecule is Cc1noc(C)c1S(=O)(=O)N1CCCN(C(=O)CCc2cccc(F)c2)CC1. The molecule has 1 saturated heterocycles. The Morgan fingerprint density at radius 3 is 2.68 bits per heavy atom. The van der Waals surface area contributed by atoms with Crippen LogP contribution in [-0.4, -0.2) is 54.9 Å². The number of halogens is 1. The Kier molecular flexibility index (Phi) is 6.14. The maximum Gasteiger partial charge on any atom is 0.248 e. The summed E-state index contributed by atoms with van der Waals surface area (Å²) in [6.45, 7) is 4.55. The molecule has 7 nitrogen and oxygen atoms in total. The maximum atomic E-state index is 13.3. The number of amides is 1. The van der Waals surface area contributed by atoms with Crippen molar-refractivity contribution in [3.8, 4) is 0 Å². The van der Waals surface area contributed by atoms with Crippen molar-refractivity contribution >= 4 is 15.9 Å². The number of rotatable bonds is 5. The predicted molar refractivity (Wildman–Crippen MR) is 101 cm³/mol. The smallest absolute Gasteiger partial charge is 0.248 e. The van der Waals surface area contributed by atoms with Crippen LogP contribution >= 0.6 is 0 Å². The molecule has 0 radical (unpaired) electrons. The van der Waals surface area contributed by atoms with Gasteiger partial charge in [-0.2, -0.15) is 4.31 Å². The van der Waals surface area contributed by atoms with Crippen LogP contribution in [-0.2, 0) is 21.2 Å². The zero-order chi connectivity index (χ0) is 20.3. The minimum atomic E-state index is -3.72. The van der Waals surface area contributed by atoms with E-state index in [2.05, 4.69) is 5.16 Å². The fourth-order valence-corrected chi connectivity index (χ4v) is 5.22. The number of hydrogen-bond acceptors (Lipinski definition) is 5. The molecular weight excluding hydrogens is 385 g/mol. The topological polar surface area (TPSA) is 83.7 Å². The molecule has 0 aliphatic carbocycles. The quantitative estimate of drug-likeness (QED) is 0.757. The molecule has 0 spiro atoms. The van der Waals surface area contributed by atoms with Crippen LogP contribution < -0.4 is 0 Å². The van der Waals surface area contributed by atoms with Gasteiger partial charge >= 0.3 is 0 Å². The lowest BCUT2D eigenvalue weighted by Gasteiger charge is -2.22. The molecule has 152 valence electrons. The zero-order valence-electron chi connectivity index (χ0n) is 16.0. The van der Waals surface area contributed by atoms with Gasteiger partial charge in [-0.05, 0) is 44.4 Å². The monoisotopic (exact) mass is 409 g/mol. The van der Waals surface area contributed by atoms with E-state index in [-0.39, 0.29) is 35.3 Å². The van der Waals surface area contributed by atoms with Crippen LogP contribution in [0.2, 0.25) is 0 Å². The van der Waals surface area contributed by atoms with Gasteiger partial charge in [-0.1, -0.05) is 17.3 Å². The highest BCUT2D eigenvalue weighted by molar-refractivity contribution is 7.89. The van der Waals surface area contributed by atoms with Crippen LogP contribution in [0, 0.1) is 19.7 Å². The Hall–Kier alpha value is -2.26. The summed E-state index contributed by atoms with van der Waals surface area (Å²) in [5.41, 5.74) is 1.11. The molecular formula is C19H24FN3O4S. The molecule has 1 amide bonds. The Morgan fingerprint density at radius 1 is 1.21 bits per heavy atom. The molecule has 0 atom stereocenters. The zero-order valence-corrected chi connectivity index (χ0v) is 16.8. The highest BCUT2D eigenvalue weighted by Crippen LogP contribution is 2.24. The number of sulfonamides is 1. The molecule has 1 aromatic carbocycles. The highest BCUT2D eigenvalue weighted by atomic mass is 32.2. The molecule has 1 aliphatic rings. The number of aryl methyl sites for hydroxylation is 3. The van der Waals surface area contributed by atoms with E-state index in [0.29, 0.717) is 38.2 Å². The Labute approximate surface area is 164 Å². The van der Waals surface area contributed by atoms with Crippen molar-refractivity contribution in [1.29, 1.82) is 0 Å². The maximum absolute atomic E-state index is 13.3. The first kappa shape index (κ1) is 20.5. The average Bonchev–Trinajstić information content (AvgIpc) is 2.85. The van der Waals surface area contributed by atoms with Crippen molar-refractivity contribution in [3.05, 3.63) is 47.1 Å². The lowest BCUT2D eigenvalue weighted by molar-refractivity contribution is -0.131. The van der Waals surface area contributed by atoms with Crippen molar-refractivity contribution in [3.63, 3.8) is 0 Å². The van der Waals surface area contributed by atoms with Gasteiger partial charge in [0.1, 0.15) is 16.4 Å². The first-order valence-corrected chi connectivity index (χ1v) is 10.7. The molecule has 1 fully saturated rings. The van der Waals surface area contributed by atoms with Crippen LogP contribution in [0.15, 0.2) is 33.7 Å². The summed E-state index contributed by atoms with van der Waals surface area (Å²) in [5, 5.41) is 3.73. The second-order valence-electron chi connectivity index (χ2n) is 6.92.